The monoisotopic (exact) mass is 446 g/mol. The minimum absolute atomic E-state index is 0.0578. The second kappa shape index (κ2) is 9.86. The zero-order valence-corrected chi connectivity index (χ0v) is 17.9. The van der Waals surface area contributed by atoms with Crippen molar-refractivity contribution in [1.29, 1.82) is 0 Å². The van der Waals surface area contributed by atoms with Gasteiger partial charge in [-0.15, -0.1) is 0 Å². The molecule has 28 heavy (non-hydrogen) atoms. The lowest BCUT2D eigenvalue weighted by Gasteiger charge is -2.14. The molecule has 0 aliphatic heterocycles. The summed E-state index contributed by atoms with van der Waals surface area (Å²) >= 11 is 11.7. The number of rotatable bonds is 9. The highest BCUT2D eigenvalue weighted by molar-refractivity contribution is 7.89. The molecule has 0 atom stereocenters. The van der Waals surface area contributed by atoms with Crippen molar-refractivity contribution in [2.24, 2.45) is 5.10 Å². The van der Waals surface area contributed by atoms with Crippen LogP contribution in [0.3, 0.4) is 0 Å². The van der Waals surface area contributed by atoms with E-state index in [2.05, 4.69) is 9.93 Å². The lowest BCUT2D eigenvalue weighted by molar-refractivity contribution is 0.275. The minimum atomic E-state index is -3.90. The maximum atomic E-state index is 12.3. The van der Waals surface area contributed by atoms with Crippen molar-refractivity contribution in [2.75, 3.05) is 20.8 Å². The highest BCUT2D eigenvalue weighted by Gasteiger charge is 2.16. The van der Waals surface area contributed by atoms with Gasteiger partial charge in [-0.1, -0.05) is 30.1 Å². The molecule has 0 heterocycles. The first-order chi connectivity index (χ1) is 13.3. The lowest BCUT2D eigenvalue weighted by atomic mass is 10.2. The van der Waals surface area contributed by atoms with E-state index in [0.717, 1.165) is 6.42 Å². The molecule has 0 radical (unpaired) electrons. The molecule has 0 unspecified atom stereocenters. The Balaban J connectivity index is 2.24. The summed E-state index contributed by atoms with van der Waals surface area (Å²) in [5.41, 5.74) is 0.550. The second-order valence-electron chi connectivity index (χ2n) is 5.53. The standard InChI is InChI=1S/C18H20Cl2N2O5S/c1-4-7-27-18-16(25-2)8-12(9-17(18)26-3)11-21-22-28(23,24)13-5-6-14(19)15(20)10-13/h5-6,8-11,22H,4,7H2,1-3H3/b21-11+. The summed E-state index contributed by atoms with van der Waals surface area (Å²) in [4.78, 5) is 2.06. The molecule has 7 nitrogen and oxygen atoms in total. The van der Waals surface area contributed by atoms with Gasteiger partial charge in [0.15, 0.2) is 11.5 Å². The molecule has 0 fully saturated rings. The quantitative estimate of drug-likeness (QED) is 0.462. The van der Waals surface area contributed by atoms with Crippen molar-refractivity contribution in [3.05, 3.63) is 45.9 Å². The summed E-state index contributed by atoms with van der Waals surface area (Å²) in [6, 6.07) is 7.29. The average molecular weight is 447 g/mol. The number of nitrogens with one attached hydrogen (secondary N) is 1. The molecule has 0 saturated heterocycles. The van der Waals surface area contributed by atoms with Crippen LogP contribution in [0.1, 0.15) is 18.9 Å². The molecular weight excluding hydrogens is 427 g/mol. The average Bonchev–Trinajstić information content (AvgIpc) is 2.67. The summed E-state index contributed by atoms with van der Waals surface area (Å²) in [6.45, 7) is 2.49. The van der Waals surface area contributed by atoms with E-state index in [9.17, 15) is 8.42 Å². The SMILES string of the molecule is CCCOc1c(OC)cc(/C=N/NS(=O)(=O)c2ccc(Cl)c(Cl)c2)cc1OC. The van der Waals surface area contributed by atoms with E-state index >= 15 is 0 Å². The van der Waals surface area contributed by atoms with Gasteiger partial charge < -0.3 is 14.2 Å². The van der Waals surface area contributed by atoms with Crippen LogP contribution in [-0.4, -0.2) is 35.5 Å². The van der Waals surface area contributed by atoms with Gasteiger partial charge >= 0.3 is 0 Å². The lowest BCUT2D eigenvalue weighted by Crippen LogP contribution is -2.18. The molecule has 0 aliphatic rings. The van der Waals surface area contributed by atoms with Crippen LogP contribution >= 0.6 is 23.2 Å². The Morgan fingerprint density at radius 3 is 2.25 bits per heavy atom. The minimum Gasteiger partial charge on any atom is -0.493 e. The number of hydrazone groups is 1. The number of benzene rings is 2. The van der Waals surface area contributed by atoms with Gasteiger partial charge in [0.25, 0.3) is 10.0 Å². The number of nitrogens with zero attached hydrogens (tertiary/aromatic N) is 1. The van der Waals surface area contributed by atoms with Crippen LogP contribution in [0.2, 0.25) is 10.0 Å². The smallest absolute Gasteiger partial charge is 0.276 e. The summed E-state index contributed by atoms with van der Waals surface area (Å²) in [7, 11) is -0.896. The molecule has 2 rings (SSSR count). The van der Waals surface area contributed by atoms with E-state index in [-0.39, 0.29) is 14.9 Å². The molecule has 0 saturated carbocycles. The van der Waals surface area contributed by atoms with E-state index in [4.69, 9.17) is 37.4 Å². The molecular formula is C18H20Cl2N2O5S. The van der Waals surface area contributed by atoms with Gasteiger partial charge in [-0.3, -0.25) is 0 Å². The van der Waals surface area contributed by atoms with E-state index in [1.165, 1.54) is 38.6 Å². The summed E-state index contributed by atoms with van der Waals surface area (Å²) in [5.74, 6) is 1.36. The highest BCUT2D eigenvalue weighted by atomic mass is 35.5. The van der Waals surface area contributed by atoms with Crippen LogP contribution < -0.4 is 19.0 Å². The Morgan fingerprint density at radius 1 is 1.07 bits per heavy atom. The third kappa shape index (κ3) is 5.43. The molecule has 2 aromatic carbocycles. The first kappa shape index (κ1) is 22.1. The van der Waals surface area contributed by atoms with Crippen LogP contribution in [0, 0.1) is 0 Å². The normalized spacial score (nSPS) is 11.5. The van der Waals surface area contributed by atoms with Crippen molar-refractivity contribution < 1.29 is 22.6 Å². The van der Waals surface area contributed by atoms with Gasteiger partial charge in [0.2, 0.25) is 5.75 Å². The molecule has 0 spiro atoms. The predicted molar refractivity (Wildman–Crippen MR) is 110 cm³/mol. The van der Waals surface area contributed by atoms with Crippen LogP contribution in [0.25, 0.3) is 0 Å². The number of ether oxygens (including phenoxy) is 3. The van der Waals surface area contributed by atoms with Crippen molar-refractivity contribution in [3.63, 3.8) is 0 Å². The number of sulfonamides is 1. The van der Waals surface area contributed by atoms with Gasteiger partial charge in [-0.2, -0.15) is 13.5 Å². The topological polar surface area (TPSA) is 86.2 Å². The first-order valence-electron chi connectivity index (χ1n) is 8.21. The van der Waals surface area contributed by atoms with Crippen LogP contribution in [0.15, 0.2) is 40.3 Å². The third-order valence-electron chi connectivity index (χ3n) is 3.52. The molecule has 1 N–H and O–H groups in total. The summed E-state index contributed by atoms with van der Waals surface area (Å²) in [6.07, 6.45) is 2.15. The van der Waals surface area contributed by atoms with Gasteiger partial charge in [0, 0.05) is 5.56 Å². The van der Waals surface area contributed by atoms with Gasteiger partial charge in [-0.05, 0) is 36.8 Å². The zero-order valence-electron chi connectivity index (χ0n) is 15.5. The third-order valence-corrected chi connectivity index (χ3v) is 5.48. The van der Waals surface area contributed by atoms with Crippen LogP contribution in [-0.2, 0) is 10.0 Å². The fourth-order valence-corrected chi connectivity index (χ4v) is 3.37. The Labute approximate surface area is 174 Å². The van der Waals surface area contributed by atoms with Gasteiger partial charge in [0.1, 0.15) is 0 Å². The van der Waals surface area contributed by atoms with Crippen molar-refractivity contribution in [1.82, 2.24) is 4.83 Å². The number of hydrogen-bond donors (Lipinski definition) is 1. The fraction of sp³-hybridized carbons (Fsp3) is 0.278. The first-order valence-corrected chi connectivity index (χ1v) is 10.4. The number of methoxy groups -OCH3 is 2. The Kier molecular flexibility index (Phi) is 7.79. The fourth-order valence-electron chi connectivity index (χ4n) is 2.19. The van der Waals surface area contributed by atoms with Gasteiger partial charge in [-0.25, -0.2) is 4.83 Å². The van der Waals surface area contributed by atoms with Crippen LogP contribution in [0.5, 0.6) is 17.2 Å². The zero-order chi connectivity index (χ0) is 20.7. The molecule has 0 aromatic heterocycles. The molecule has 152 valence electrons. The van der Waals surface area contributed by atoms with Gasteiger partial charge in [0.05, 0.1) is 42.0 Å². The van der Waals surface area contributed by atoms with E-state index in [0.29, 0.717) is 29.4 Å². The Hall–Kier alpha value is -2.16. The van der Waals surface area contributed by atoms with Crippen molar-refractivity contribution in [3.8, 4) is 17.2 Å². The molecule has 0 bridgehead atoms. The van der Waals surface area contributed by atoms with Crippen LogP contribution in [0.4, 0.5) is 0 Å². The highest BCUT2D eigenvalue weighted by Crippen LogP contribution is 2.38. The summed E-state index contributed by atoms with van der Waals surface area (Å²) in [5, 5.41) is 4.18. The maximum Gasteiger partial charge on any atom is 0.276 e. The molecule has 0 aliphatic carbocycles. The number of hydrogen-bond acceptors (Lipinski definition) is 6. The van der Waals surface area contributed by atoms with Crippen molar-refractivity contribution >= 4 is 39.4 Å². The molecule has 0 amide bonds. The Bertz CT molecular complexity index is 939. The van der Waals surface area contributed by atoms with E-state index in [1.807, 2.05) is 6.92 Å². The summed E-state index contributed by atoms with van der Waals surface area (Å²) < 4.78 is 40.9. The largest absolute Gasteiger partial charge is 0.493 e. The molecule has 2 aromatic rings. The Morgan fingerprint density at radius 2 is 1.71 bits per heavy atom. The van der Waals surface area contributed by atoms with E-state index in [1.54, 1.807) is 12.1 Å². The van der Waals surface area contributed by atoms with E-state index < -0.39 is 10.0 Å². The van der Waals surface area contributed by atoms with Crippen molar-refractivity contribution in [2.45, 2.75) is 18.2 Å². The maximum absolute atomic E-state index is 12.3. The predicted octanol–water partition coefficient (Wildman–Crippen LogP) is 4.11. The second-order valence-corrected chi connectivity index (χ2v) is 8.01. The molecule has 10 heteroatoms. The number of halogens is 2.